The average molecular weight is 346 g/mol. The molecular formula is C17H10ClF2N3O. The van der Waals surface area contributed by atoms with Crippen LogP contribution in [0.5, 0.6) is 0 Å². The summed E-state index contributed by atoms with van der Waals surface area (Å²) in [6.45, 7) is 0. The SMILES string of the molecule is O=C(Nc1cccc(Cl)c1F)c1ccc(-c2cncnc2)cc1F. The van der Waals surface area contributed by atoms with Gasteiger partial charge in [-0.15, -0.1) is 0 Å². The number of halogens is 3. The molecule has 7 heteroatoms. The molecule has 120 valence electrons. The first-order chi connectivity index (χ1) is 11.6. The zero-order valence-electron chi connectivity index (χ0n) is 12.1. The van der Waals surface area contributed by atoms with Crippen LogP contribution in [0.3, 0.4) is 0 Å². The number of nitrogens with zero attached hydrogens (tertiary/aromatic N) is 2. The van der Waals surface area contributed by atoms with Gasteiger partial charge in [0.2, 0.25) is 0 Å². The van der Waals surface area contributed by atoms with Gasteiger partial charge in [0.15, 0.2) is 5.82 Å². The predicted molar refractivity (Wildman–Crippen MR) is 86.8 cm³/mol. The fourth-order valence-corrected chi connectivity index (χ4v) is 2.29. The summed E-state index contributed by atoms with van der Waals surface area (Å²) < 4.78 is 28.1. The molecule has 0 fully saturated rings. The first-order valence-corrected chi connectivity index (χ1v) is 7.24. The van der Waals surface area contributed by atoms with Gasteiger partial charge in [0.1, 0.15) is 12.1 Å². The van der Waals surface area contributed by atoms with Gasteiger partial charge in [0.05, 0.1) is 16.3 Å². The molecule has 1 N–H and O–H groups in total. The Morgan fingerprint density at radius 2 is 1.79 bits per heavy atom. The molecule has 3 aromatic rings. The highest BCUT2D eigenvalue weighted by Gasteiger charge is 2.15. The van der Waals surface area contributed by atoms with Gasteiger partial charge in [-0.05, 0) is 29.8 Å². The Hall–Kier alpha value is -2.86. The van der Waals surface area contributed by atoms with Gasteiger partial charge in [-0.1, -0.05) is 23.7 Å². The van der Waals surface area contributed by atoms with Crippen molar-refractivity contribution in [3.63, 3.8) is 0 Å². The lowest BCUT2D eigenvalue weighted by molar-refractivity contribution is 0.102. The third-order valence-electron chi connectivity index (χ3n) is 3.31. The lowest BCUT2D eigenvalue weighted by atomic mass is 10.1. The molecule has 4 nitrogen and oxygen atoms in total. The number of anilines is 1. The van der Waals surface area contributed by atoms with Crippen molar-refractivity contribution in [3.8, 4) is 11.1 Å². The van der Waals surface area contributed by atoms with Crippen LogP contribution in [0.4, 0.5) is 14.5 Å². The minimum atomic E-state index is -0.774. The second kappa shape index (κ2) is 6.72. The van der Waals surface area contributed by atoms with Gasteiger partial charge < -0.3 is 5.32 Å². The Morgan fingerprint density at radius 3 is 2.50 bits per heavy atom. The Balaban J connectivity index is 1.87. The second-order valence-electron chi connectivity index (χ2n) is 4.88. The first kappa shape index (κ1) is 16.0. The van der Waals surface area contributed by atoms with Crippen LogP contribution in [0, 0.1) is 11.6 Å². The van der Waals surface area contributed by atoms with E-state index in [0.717, 1.165) is 0 Å². The minimum absolute atomic E-state index is 0.118. The summed E-state index contributed by atoms with van der Waals surface area (Å²) in [4.78, 5) is 19.9. The Labute approximate surface area is 141 Å². The molecule has 1 aromatic heterocycles. The third-order valence-corrected chi connectivity index (χ3v) is 3.60. The first-order valence-electron chi connectivity index (χ1n) is 6.86. The smallest absolute Gasteiger partial charge is 0.258 e. The maximum atomic E-state index is 14.2. The highest BCUT2D eigenvalue weighted by atomic mass is 35.5. The molecule has 3 rings (SSSR count). The molecule has 1 amide bonds. The fourth-order valence-electron chi connectivity index (χ4n) is 2.12. The lowest BCUT2D eigenvalue weighted by Crippen LogP contribution is -2.14. The summed E-state index contributed by atoms with van der Waals surface area (Å²) in [5.74, 6) is -2.29. The Morgan fingerprint density at radius 1 is 1.04 bits per heavy atom. The largest absolute Gasteiger partial charge is 0.319 e. The van der Waals surface area contributed by atoms with Gasteiger partial charge >= 0.3 is 0 Å². The number of carbonyl (C=O) groups is 1. The van der Waals surface area contributed by atoms with E-state index in [1.165, 1.54) is 49.1 Å². The van der Waals surface area contributed by atoms with Crippen LogP contribution < -0.4 is 5.32 Å². The molecule has 0 aliphatic rings. The van der Waals surface area contributed by atoms with Crippen molar-refractivity contribution >= 4 is 23.2 Å². The number of benzene rings is 2. The molecule has 0 radical (unpaired) electrons. The van der Waals surface area contributed by atoms with Crippen molar-refractivity contribution in [3.05, 3.63) is 77.3 Å². The number of nitrogens with one attached hydrogen (secondary N) is 1. The van der Waals surface area contributed by atoms with Crippen molar-refractivity contribution in [2.45, 2.75) is 0 Å². The Bertz CT molecular complexity index is 904. The van der Waals surface area contributed by atoms with Crippen LogP contribution in [0.2, 0.25) is 5.02 Å². The highest BCUT2D eigenvalue weighted by molar-refractivity contribution is 6.31. The standard InChI is InChI=1S/C17H10ClF2N3O/c18-13-2-1-3-15(16(13)20)23-17(24)12-5-4-10(6-14(12)19)11-7-21-9-22-8-11/h1-9H,(H,23,24). The van der Waals surface area contributed by atoms with Gasteiger partial charge in [0, 0.05) is 18.0 Å². The van der Waals surface area contributed by atoms with Crippen molar-refractivity contribution < 1.29 is 13.6 Å². The van der Waals surface area contributed by atoms with Crippen LogP contribution >= 0.6 is 11.6 Å². The van der Waals surface area contributed by atoms with Crippen molar-refractivity contribution in [2.24, 2.45) is 0 Å². The molecular weight excluding hydrogens is 336 g/mol. The highest BCUT2D eigenvalue weighted by Crippen LogP contribution is 2.24. The molecule has 0 unspecified atom stereocenters. The summed E-state index contributed by atoms with van der Waals surface area (Å²) >= 11 is 5.65. The van der Waals surface area contributed by atoms with E-state index in [4.69, 9.17) is 11.6 Å². The second-order valence-corrected chi connectivity index (χ2v) is 5.28. The van der Waals surface area contributed by atoms with Crippen LogP contribution in [-0.4, -0.2) is 15.9 Å². The number of hydrogen-bond acceptors (Lipinski definition) is 3. The monoisotopic (exact) mass is 345 g/mol. The quantitative estimate of drug-likeness (QED) is 0.768. The van der Waals surface area contributed by atoms with E-state index in [1.54, 1.807) is 6.07 Å². The summed E-state index contributed by atoms with van der Waals surface area (Å²) in [7, 11) is 0. The van der Waals surface area contributed by atoms with Gasteiger partial charge in [-0.3, -0.25) is 4.79 Å². The van der Waals surface area contributed by atoms with Crippen LogP contribution in [-0.2, 0) is 0 Å². The van der Waals surface area contributed by atoms with Gasteiger partial charge in [-0.2, -0.15) is 0 Å². The van der Waals surface area contributed by atoms with E-state index in [1.807, 2.05) is 0 Å². The maximum Gasteiger partial charge on any atom is 0.258 e. The normalized spacial score (nSPS) is 10.5. The van der Waals surface area contributed by atoms with E-state index < -0.39 is 17.5 Å². The van der Waals surface area contributed by atoms with Crippen molar-refractivity contribution in [2.75, 3.05) is 5.32 Å². The number of carbonyl (C=O) groups excluding carboxylic acids is 1. The molecule has 0 saturated heterocycles. The number of rotatable bonds is 3. The van der Waals surface area contributed by atoms with E-state index in [2.05, 4.69) is 15.3 Å². The molecule has 24 heavy (non-hydrogen) atoms. The minimum Gasteiger partial charge on any atom is -0.319 e. The van der Waals surface area contributed by atoms with Gasteiger partial charge in [-0.25, -0.2) is 18.7 Å². The predicted octanol–water partition coefficient (Wildman–Crippen LogP) is 4.33. The molecule has 0 aliphatic carbocycles. The van der Waals surface area contributed by atoms with E-state index in [-0.39, 0.29) is 16.3 Å². The molecule has 1 heterocycles. The number of aromatic nitrogens is 2. The summed E-state index contributed by atoms with van der Waals surface area (Å²) in [6.07, 6.45) is 4.42. The zero-order chi connectivity index (χ0) is 17.1. The van der Waals surface area contributed by atoms with Gasteiger partial charge in [0.25, 0.3) is 5.91 Å². The van der Waals surface area contributed by atoms with E-state index in [9.17, 15) is 13.6 Å². The molecule has 0 aliphatic heterocycles. The molecule has 2 aromatic carbocycles. The Kier molecular flexibility index (Phi) is 4.48. The van der Waals surface area contributed by atoms with Crippen LogP contribution in [0.1, 0.15) is 10.4 Å². The van der Waals surface area contributed by atoms with E-state index >= 15 is 0 Å². The van der Waals surface area contributed by atoms with Crippen molar-refractivity contribution in [1.29, 1.82) is 0 Å². The lowest BCUT2D eigenvalue weighted by Gasteiger charge is -2.09. The fraction of sp³-hybridized carbons (Fsp3) is 0. The third kappa shape index (κ3) is 3.23. The molecule has 0 spiro atoms. The number of hydrogen-bond donors (Lipinski definition) is 1. The summed E-state index contributed by atoms with van der Waals surface area (Å²) in [6, 6.07) is 8.24. The molecule has 0 atom stereocenters. The van der Waals surface area contributed by atoms with E-state index in [0.29, 0.717) is 11.1 Å². The topological polar surface area (TPSA) is 54.9 Å². The zero-order valence-corrected chi connectivity index (χ0v) is 12.9. The van der Waals surface area contributed by atoms with Crippen LogP contribution in [0.15, 0.2) is 55.1 Å². The van der Waals surface area contributed by atoms with Crippen LogP contribution in [0.25, 0.3) is 11.1 Å². The molecule has 0 bridgehead atoms. The molecule has 0 saturated carbocycles. The summed E-state index contributed by atoms with van der Waals surface area (Å²) in [5.41, 5.74) is 0.810. The summed E-state index contributed by atoms with van der Waals surface area (Å²) in [5, 5.41) is 2.17. The number of amides is 1. The average Bonchev–Trinajstić information content (AvgIpc) is 2.59. The van der Waals surface area contributed by atoms with Crippen molar-refractivity contribution in [1.82, 2.24) is 9.97 Å². The maximum absolute atomic E-state index is 14.2.